The number of rotatable bonds is 2. The van der Waals surface area contributed by atoms with E-state index < -0.39 is 15.8 Å². The van der Waals surface area contributed by atoms with Gasteiger partial charge in [0.2, 0.25) is 10.0 Å². The van der Waals surface area contributed by atoms with Crippen molar-refractivity contribution in [1.82, 2.24) is 4.31 Å². The van der Waals surface area contributed by atoms with Crippen LogP contribution in [-0.4, -0.2) is 31.9 Å². The minimum absolute atomic E-state index is 0.110. The third-order valence-electron chi connectivity index (χ3n) is 3.58. The Kier molecular flexibility index (Phi) is 4.67. The summed E-state index contributed by atoms with van der Waals surface area (Å²) in [6.07, 6.45) is 0.793. The molecule has 21 heavy (non-hydrogen) atoms. The van der Waals surface area contributed by atoms with Crippen LogP contribution in [0.3, 0.4) is 0 Å². The number of hydrogen-bond acceptors (Lipinski definition) is 3. The van der Waals surface area contributed by atoms with Crippen LogP contribution in [0.25, 0.3) is 0 Å². The van der Waals surface area contributed by atoms with E-state index in [1.165, 1.54) is 16.4 Å². The van der Waals surface area contributed by atoms with Gasteiger partial charge in [-0.3, -0.25) is 0 Å². The maximum Gasteiger partial charge on any atom is 0.246 e. The summed E-state index contributed by atoms with van der Waals surface area (Å²) in [4.78, 5) is -0.290. The Morgan fingerprint density at radius 1 is 1.43 bits per heavy atom. The molecular formula is C15H19FN2O2S. The summed E-state index contributed by atoms with van der Waals surface area (Å²) in [5.74, 6) is 4.81. The van der Waals surface area contributed by atoms with Gasteiger partial charge in [-0.05, 0) is 37.5 Å². The number of benzene rings is 1. The first-order chi connectivity index (χ1) is 9.86. The predicted molar refractivity (Wildman–Crippen MR) is 79.5 cm³/mol. The topological polar surface area (TPSA) is 63.4 Å². The molecule has 2 atom stereocenters. The minimum Gasteiger partial charge on any atom is -0.320 e. The number of nitrogens with two attached hydrogens (primary N) is 1. The summed E-state index contributed by atoms with van der Waals surface area (Å²) < 4.78 is 40.7. The fourth-order valence-electron chi connectivity index (χ4n) is 2.66. The molecule has 0 radical (unpaired) electrons. The Morgan fingerprint density at radius 3 is 2.67 bits per heavy atom. The molecule has 2 N–H and O–H groups in total. The van der Waals surface area contributed by atoms with Gasteiger partial charge in [0, 0.05) is 18.2 Å². The predicted octanol–water partition coefficient (Wildman–Crippen LogP) is 1.55. The lowest BCUT2D eigenvalue weighted by atomic mass is 10.1. The van der Waals surface area contributed by atoms with Crippen LogP contribution in [0.2, 0.25) is 0 Å². The molecule has 2 rings (SSSR count). The van der Waals surface area contributed by atoms with Gasteiger partial charge in [-0.1, -0.05) is 18.8 Å². The van der Waals surface area contributed by atoms with E-state index in [1.54, 1.807) is 0 Å². The van der Waals surface area contributed by atoms with Crippen LogP contribution in [0, 0.1) is 23.6 Å². The van der Waals surface area contributed by atoms with Crippen molar-refractivity contribution in [2.75, 3.05) is 13.1 Å². The van der Waals surface area contributed by atoms with E-state index >= 15 is 0 Å². The Balaban J connectivity index is 2.37. The third-order valence-corrected chi connectivity index (χ3v) is 5.59. The molecule has 0 aliphatic carbocycles. The monoisotopic (exact) mass is 310 g/mol. The second kappa shape index (κ2) is 6.14. The van der Waals surface area contributed by atoms with Gasteiger partial charge in [0.15, 0.2) is 0 Å². The zero-order chi connectivity index (χ0) is 15.6. The molecule has 1 aliphatic heterocycles. The zero-order valence-electron chi connectivity index (χ0n) is 12.1. The molecule has 0 bridgehead atoms. The molecule has 1 aromatic carbocycles. The maximum absolute atomic E-state index is 14.1. The third kappa shape index (κ3) is 3.26. The van der Waals surface area contributed by atoms with E-state index in [9.17, 15) is 12.8 Å². The molecule has 2 unspecified atom stereocenters. The van der Waals surface area contributed by atoms with Crippen molar-refractivity contribution in [2.24, 2.45) is 11.7 Å². The lowest BCUT2D eigenvalue weighted by Gasteiger charge is -2.21. The smallest absolute Gasteiger partial charge is 0.246 e. The normalized spacial score (nSPS) is 22.9. The number of sulfonamides is 1. The first-order valence-electron chi connectivity index (χ1n) is 6.86. The van der Waals surface area contributed by atoms with Crippen molar-refractivity contribution in [3.05, 3.63) is 29.6 Å². The molecule has 1 heterocycles. The number of halogens is 1. The minimum atomic E-state index is -3.80. The van der Waals surface area contributed by atoms with Gasteiger partial charge in [0.1, 0.15) is 10.7 Å². The van der Waals surface area contributed by atoms with E-state index in [-0.39, 0.29) is 23.4 Å². The molecule has 0 aromatic heterocycles. The average molecular weight is 310 g/mol. The first kappa shape index (κ1) is 16.0. The van der Waals surface area contributed by atoms with Crippen LogP contribution >= 0.6 is 0 Å². The van der Waals surface area contributed by atoms with Crippen molar-refractivity contribution in [3.8, 4) is 11.8 Å². The van der Waals surface area contributed by atoms with Crippen molar-refractivity contribution in [2.45, 2.75) is 31.2 Å². The van der Waals surface area contributed by atoms with E-state index in [4.69, 9.17) is 5.73 Å². The molecule has 0 saturated carbocycles. The average Bonchev–Trinajstić information content (AvgIpc) is 2.76. The Labute approximate surface area is 125 Å². The summed E-state index contributed by atoms with van der Waals surface area (Å²) in [5, 5.41) is 0. The molecule has 1 saturated heterocycles. The lowest BCUT2D eigenvalue weighted by Crippen LogP contribution is -2.34. The van der Waals surface area contributed by atoms with Crippen molar-refractivity contribution in [1.29, 1.82) is 0 Å². The molecule has 1 aromatic rings. The summed E-state index contributed by atoms with van der Waals surface area (Å²) in [7, 11) is -3.80. The van der Waals surface area contributed by atoms with Crippen LogP contribution in [0.4, 0.5) is 4.39 Å². The van der Waals surface area contributed by atoms with E-state index in [1.807, 2.05) is 13.8 Å². The van der Waals surface area contributed by atoms with E-state index in [0.717, 1.165) is 12.5 Å². The van der Waals surface area contributed by atoms with Gasteiger partial charge in [-0.15, -0.1) is 0 Å². The molecule has 6 heteroatoms. The standard InChI is InChI=1S/C15H19FN2O2S/c1-11-8-12(2)18(10-11)21(19,20)15-6-5-13(4-3-7-17)9-14(15)16/h5-6,9,11-12H,7-8,10,17H2,1-2H3. The molecule has 4 nitrogen and oxygen atoms in total. The molecule has 0 spiro atoms. The summed E-state index contributed by atoms with van der Waals surface area (Å²) in [5.41, 5.74) is 5.67. The fourth-order valence-corrected chi connectivity index (χ4v) is 4.47. The summed E-state index contributed by atoms with van der Waals surface area (Å²) in [6, 6.07) is 3.81. The Bertz CT molecular complexity index is 691. The first-order valence-corrected chi connectivity index (χ1v) is 8.30. The van der Waals surface area contributed by atoms with Gasteiger partial charge >= 0.3 is 0 Å². The zero-order valence-corrected chi connectivity index (χ0v) is 13.0. The van der Waals surface area contributed by atoms with Crippen LogP contribution in [0.1, 0.15) is 25.8 Å². The summed E-state index contributed by atoms with van der Waals surface area (Å²) >= 11 is 0. The number of nitrogens with zero attached hydrogens (tertiary/aromatic N) is 1. The van der Waals surface area contributed by atoms with Crippen LogP contribution in [0.15, 0.2) is 23.1 Å². The highest BCUT2D eigenvalue weighted by Crippen LogP contribution is 2.30. The van der Waals surface area contributed by atoms with Crippen LogP contribution in [-0.2, 0) is 10.0 Å². The quantitative estimate of drug-likeness (QED) is 0.843. The molecule has 0 amide bonds. The van der Waals surface area contributed by atoms with Gasteiger partial charge < -0.3 is 5.73 Å². The van der Waals surface area contributed by atoms with Crippen molar-refractivity contribution in [3.63, 3.8) is 0 Å². The van der Waals surface area contributed by atoms with Crippen LogP contribution < -0.4 is 5.73 Å². The summed E-state index contributed by atoms with van der Waals surface area (Å²) in [6.45, 7) is 4.44. The van der Waals surface area contributed by atoms with Gasteiger partial charge in [0.25, 0.3) is 0 Å². The highest BCUT2D eigenvalue weighted by molar-refractivity contribution is 7.89. The van der Waals surface area contributed by atoms with Gasteiger partial charge in [-0.25, -0.2) is 12.8 Å². The molecular weight excluding hydrogens is 291 g/mol. The largest absolute Gasteiger partial charge is 0.320 e. The number of hydrogen-bond donors (Lipinski definition) is 1. The Hall–Kier alpha value is -1.42. The fraction of sp³-hybridized carbons (Fsp3) is 0.467. The highest BCUT2D eigenvalue weighted by Gasteiger charge is 2.37. The van der Waals surface area contributed by atoms with Crippen LogP contribution in [0.5, 0.6) is 0 Å². The molecule has 1 aliphatic rings. The van der Waals surface area contributed by atoms with Gasteiger partial charge in [0.05, 0.1) is 6.54 Å². The van der Waals surface area contributed by atoms with E-state index in [2.05, 4.69) is 11.8 Å². The molecule has 1 fully saturated rings. The van der Waals surface area contributed by atoms with Gasteiger partial charge in [-0.2, -0.15) is 4.31 Å². The van der Waals surface area contributed by atoms with E-state index in [0.29, 0.717) is 12.1 Å². The highest BCUT2D eigenvalue weighted by atomic mass is 32.2. The second-order valence-electron chi connectivity index (χ2n) is 5.42. The van der Waals surface area contributed by atoms with Crippen molar-refractivity contribution >= 4 is 10.0 Å². The SMILES string of the molecule is CC1CC(C)N(S(=O)(=O)c2ccc(C#CCN)cc2F)C1. The maximum atomic E-state index is 14.1. The second-order valence-corrected chi connectivity index (χ2v) is 7.27. The van der Waals surface area contributed by atoms with Crippen molar-refractivity contribution < 1.29 is 12.8 Å². The lowest BCUT2D eigenvalue weighted by molar-refractivity contribution is 0.402. The Morgan fingerprint density at radius 2 is 2.14 bits per heavy atom. The molecule has 114 valence electrons.